The third kappa shape index (κ3) is 4.94. The lowest BCUT2D eigenvalue weighted by Crippen LogP contribution is -2.52. The van der Waals surface area contributed by atoms with E-state index in [-0.39, 0.29) is 5.91 Å². The second-order valence-corrected chi connectivity index (χ2v) is 8.93. The highest BCUT2D eigenvalue weighted by molar-refractivity contribution is 5.92. The standard InChI is InChI=1S/C29H34N2O/c1-30(24-19-25-13-5-2-6-14-25)21-12-23-31-22-11-20-29(28(31)32,26-15-7-3-8-16-26)27-17-9-4-10-18-27/h2-10,13-18H,11-12,19-24H2,1H3. The number of likely N-dealkylation sites (tertiary alicyclic amines) is 1. The molecule has 166 valence electrons. The van der Waals surface area contributed by atoms with Crippen molar-refractivity contribution in [2.24, 2.45) is 0 Å². The van der Waals surface area contributed by atoms with Crippen LogP contribution in [0, 0.1) is 0 Å². The molecule has 3 aromatic carbocycles. The molecule has 0 radical (unpaired) electrons. The maximum absolute atomic E-state index is 13.9. The molecule has 3 aromatic rings. The van der Waals surface area contributed by atoms with Gasteiger partial charge in [-0.3, -0.25) is 4.79 Å². The highest BCUT2D eigenvalue weighted by Gasteiger charge is 2.46. The molecule has 0 spiro atoms. The van der Waals surface area contributed by atoms with E-state index in [4.69, 9.17) is 0 Å². The second kappa shape index (κ2) is 10.6. The Kier molecular flexibility index (Phi) is 7.39. The summed E-state index contributed by atoms with van der Waals surface area (Å²) < 4.78 is 0. The van der Waals surface area contributed by atoms with Gasteiger partial charge in [0.25, 0.3) is 0 Å². The van der Waals surface area contributed by atoms with E-state index in [9.17, 15) is 4.79 Å². The van der Waals surface area contributed by atoms with Crippen LogP contribution in [0.15, 0.2) is 91.0 Å². The molecule has 3 nitrogen and oxygen atoms in total. The highest BCUT2D eigenvalue weighted by atomic mass is 16.2. The largest absolute Gasteiger partial charge is 0.342 e. The molecular formula is C29H34N2O. The minimum atomic E-state index is -0.569. The predicted octanol–water partition coefficient (Wildman–Crippen LogP) is 5.16. The van der Waals surface area contributed by atoms with Gasteiger partial charge in [0.1, 0.15) is 0 Å². The summed E-state index contributed by atoms with van der Waals surface area (Å²) in [5.41, 5.74) is 3.03. The predicted molar refractivity (Wildman–Crippen MR) is 132 cm³/mol. The van der Waals surface area contributed by atoms with E-state index in [0.717, 1.165) is 63.0 Å². The van der Waals surface area contributed by atoms with Gasteiger partial charge in [-0.1, -0.05) is 91.0 Å². The number of piperidine rings is 1. The molecule has 1 aliphatic rings. The number of hydrogen-bond donors (Lipinski definition) is 0. The maximum atomic E-state index is 13.9. The molecule has 1 fully saturated rings. The number of hydrogen-bond acceptors (Lipinski definition) is 2. The first kappa shape index (κ1) is 22.3. The summed E-state index contributed by atoms with van der Waals surface area (Å²) in [5, 5.41) is 0. The Hall–Kier alpha value is -2.91. The molecule has 0 bridgehead atoms. The van der Waals surface area contributed by atoms with E-state index in [2.05, 4.69) is 71.4 Å². The molecule has 1 saturated heterocycles. The van der Waals surface area contributed by atoms with Crippen LogP contribution in [0.2, 0.25) is 0 Å². The third-order valence-corrected chi connectivity index (χ3v) is 6.76. The molecule has 1 amide bonds. The van der Waals surface area contributed by atoms with Gasteiger partial charge in [-0.05, 0) is 56.0 Å². The Bertz CT molecular complexity index is 932. The van der Waals surface area contributed by atoms with Gasteiger partial charge in [0.05, 0.1) is 5.41 Å². The monoisotopic (exact) mass is 426 g/mol. The summed E-state index contributed by atoms with van der Waals surface area (Å²) in [6.45, 7) is 3.71. The van der Waals surface area contributed by atoms with Crippen molar-refractivity contribution in [3.8, 4) is 0 Å². The highest BCUT2D eigenvalue weighted by Crippen LogP contribution is 2.41. The smallest absolute Gasteiger partial charge is 0.237 e. The van der Waals surface area contributed by atoms with Crippen LogP contribution in [-0.2, 0) is 16.6 Å². The number of amides is 1. The lowest BCUT2D eigenvalue weighted by atomic mass is 9.68. The number of nitrogens with zero attached hydrogens (tertiary/aromatic N) is 2. The first-order chi connectivity index (χ1) is 15.7. The number of carbonyl (C=O) groups excluding carboxylic acids is 1. The molecule has 0 aliphatic carbocycles. The van der Waals surface area contributed by atoms with Crippen molar-refractivity contribution in [2.45, 2.75) is 31.1 Å². The van der Waals surface area contributed by atoms with E-state index in [0.29, 0.717) is 0 Å². The number of rotatable bonds is 9. The van der Waals surface area contributed by atoms with E-state index < -0.39 is 5.41 Å². The third-order valence-electron chi connectivity index (χ3n) is 6.76. The van der Waals surface area contributed by atoms with Crippen molar-refractivity contribution in [3.63, 3.8) is 0 Å². The van der Waals surface area contributed by atoms with Crippen molar-refractivity contribution in [3.05, 3.63) is 108 Å². The van der Waals surface area contributed by atoms with Gasteiger partial charge in [0.15, 0.2) is 0 Å². The molecule has 0 atom stereocenters. The van der Waals surface area contributed by atoms with E-state index in [1.165, 1.54) is 5.56 Å². The minimum absolute atomic E-state index is 0.257. The van der Waals surface area contributed by atoms with Crippen LogP contribution in [-0.4, -0.2) is 48.9 Å². The maximum Gasteiger partial charge on any atom is 0.237 e. The summed E-state index contributed by atoms with van der Waals surface area (Å²) in [6, 6.07) is 31.4. The zero-order valence-electron chi connectivity index (χ0n) is 19.1. The van der Waals surface area contributed by atoms with Gasteiger partial charge in [-0.2, -0.15) is 0 Å². The van der Waals surface area contributed by atoms with Crippen LogP contribution >= 0.6 is 0 Å². The van der Waals surface area contributed by atoms with Crippen LogP contribution in [0.5, 0.6) is 0 Å². The normalized spacial score (nSPS) is 15.8. The Balaban J connectivity index is 1.41. The van der Waals surface area contributed by atoms with Crippen LogP contribution < -0.4 is 0 Å². The molecule has 1 aliphatic heterocycles. The van der Waals surface area contributed by atoms with E-state index in [1.54, 1.807) is 0 Å². The molecule has 3 heteroatoms. The zero-order chi connectivity index (χ0) is 22.2. The minimum Gasteiger partial charge on any atom is -0.342 e. The van der Waals surface area contributed by atoms with E-state index in [1.807, 2.05) is 36.4 Å². The molecule has 0 saturated carbocycles. The Morgan fingerprint density at radius 3 is 1.97 bits per heavy atom. The topological polar surface area (TPSA) is 23.6 Å². The van der Waals surface area contributed by atoms with E-state index >= 15 is 0 Å². The summed E-state index contributed by atoms with van der Waals surface area (Å²) in [7, 11) is 2.18. The number of carbonyl (C=O) groups is 1. The van der Waals surface area contributed by atoms with Crippen molar-refractivity contribution < 1.29 is 4.79 Å². The van der Waals surface area contributed by atoms with Gasteiger partial charge in [-0.15, -0.1) is 0 Å². The second-order valence-electron chi connectivity index (χ2n) is 8.93. The molecule has 0 aromatic heterocycles. The van der Waals surface area contributed by atoms with Crippen LogP contribution in [0.1, 0.15) is 36.0 Å². The molecule has 0 unspecified atom stereocenters. The fourth-order valence-electron chi connectivity index (χ4n) is 4.98. The number of benzene rings is 3. The summed E-state index contributed by atoms with van der Waals surface area (Å²) in [6.07, 6.45) is 3.95. The van der Waals surface area contributed by atoms with Crippen molar-refractivity contribution in [2.75, 3.05) is 33.2 Å². The van der Waals surface area contributed by atoms with Crippen molar-refractivity contribution >= 4 is 5.91 Å². The Morgan fingerprint density at radius 1 is 0.812 bits per heavy atom. The van der Waals surface area contributed by atoms with Gasteiger partial charge < -0.3 is 9.80 Å². The molecule has 0 N–H and O–H groups in total. The number of likely N-dealkylation sites (N-methyl/N-ethyl adjacent to an activating group) is 1. The summed E-state index contributed by atoms with van der Waals surface area (Å²) in [4.78, 5) is 18.4. The van der Waals surface area contributed by atoms with Crippen LogP contribution in [0.25, 0.3) is 0 Å². The Labute approximate surface area is 192 Å². The first-order valence-corrected chi connectivity index (χ1v) is 11.8. The van der Waals surface area contributed by atoms with Crippen LogP contribution in [0.4, 0.5) is 0 Å². The van der Waals surface area contributed by atoms with Gasteiger partial charge in [0.2, 0.25) is 5.91 Å². The van der Waals surface area contributed by atoms with Gasteiger partial charge in [-0.25, -0.2) is 0 Å². The SMILES string of the molecule is CN(CCCN1CCCC(c2ccccc2)(c2ccccc2)C1=O)CCc1ccccc1. The van der Waals surface area contributed by atoms with Crippen molar-refractivity contribution in [1.29, 1.82) is 0 Å². The zero-order valence-corrected chi connectivity index (χ0v) is 19.1. The molecule has 1 heterocycles. The Morgan fingerprint density at radius 2 is 1.38 bits per heavy atom. The average molecular weight is 427 g/mol. The first-order valence-electron chi connectivity index (χ1n) is 11.8. The molecule has 32 heavy (non-hydrogen) atoms. The van der Waals surface area contributed by atoms with Gasteiger partial charge in [0, 0.05) is 19.6 Å². The average Bonchev–Trinajstić information content (AvgIpc) is 2.86. The van der Waals surface area contributed by atoms with Gasteiger partial charge >= 0.3 is 0 Å². The fraction of sp³-hybridized carbons (Fsp3) is 0.345. The summed E-state index contributed by atoms with van der Waals surface area (Å²) in [5.74, 6) is 0.257. The molecule has 4 rings (SSSR count). The van der Waals surface area contributed by atoms with Crippen LogP contribution in [0.3, 0.4) is 0 Å². The van der Waals surface area contributed by atoms with Crippen molar-refractivity contribution in [1.82, 2.24) is 9.80 Å². The summed E-state index contributed by atoms with van der Waals surface area (Å²) >= 11 is 0. The quantitative estimate of drug-likeness (QED) is 0.472. The lowest BCUT2D eigenvalue weighted by molar-refractivity contribution is -0.139. The molecular weight excluding hydrogens is 392 g/mol. The fourth-order valence-corrected chi connectivity index (χ4v) is 4.98. The lowest BCUT2D eigenvalue weighted by Gasteiger charge is -2.42.